The van der Waals surface area contributed by atoms with E-state index in [9.17, 15) is 5.11 Å². The molecular formula is C36H29N3OSi. The van der Waals surface area contributed by atoms with Crippen molar-refractivity contribution in [2.24, 2.45) is 0 Å². The van der Waals surface area contributed by atoms with E-state index in [0.29, 0.717) is 0 Å². The van der Waals surface area contributed by atoms with Crippen molar-refractivity contribution in [3.05, 3.63) is 134 Å². The second kappa shape index (κ2) is 9.88. The van der Waals surface area contributed by atoms with Crippen molar-refractivity contribution < 1.29 is 5.11 Å². The lowest BCUT2D eigenvalue weighted by Gasteiger charge is -2.23. The zero-order valence-corrected chi connectivity index (χ0v) is 24.0. The lowest BCUT2D eigenvalue weighted by atomic mass is 10.1. The molecule has 41 heavy (non-hydrogen) atoms. The molecule has 0 aliphatic heterocycles. The molecule has 3 aromatic heterocycles. The van der Waals surface area contributed by atoms with Crippen LogP contribution in [0.5, 0.6) is 5.75 Å². The van der Waals surface area contributed by atoms with Crippen LogP contribution in [0.4, 0.5) is 0 Å². The highest BCUT2D eigenvalue weighted by molar-refractivity contribution is 7.00. The number of phenolic OH excluding ortho intramolecular Hbond substituents is 1. The smallest absolute Gasteiger partial charge is 0.146 e. The quantitative estimate of drug-likeness (QED) is 0.228. The van der Waals surface area contributed by atoms with E-state index < -0.39 is 8.07 Å². The maximum atomic E-state index is 10.8. The van der Waals surface area contributed by atoms with Crippen molar-refractivity contribution in [1.82, 2.24) is 14.5 Å². The topological polar surface area (TPSA) is 50.9 Å². The Hall–Kier alpha value is -5.00. The minimum absolute atomic E-state index is 0.224. The molecule has 5 heteroatoms. The van der Waals surface area contributed by atoms with E-state index in [0.717, 1.165) is 44.2 Å². The normalized spacial score (nSPS) is 11.8. The summed E-state index contributed by atoms with van der Waals surface area (Å²) < 4.78 is 2.06. The Labute approximate surface area is 240 Å². The number of para-hydroxylation sites is 3. The van der Waals surface area contributed by atoms with Crippen molar-refractivity contribution in [1.29, 1.82) is 0 Å². The monoisotopic (exact) mass is 547 g/mol. The number of nitrogens with zero attached hydrogens (tertiary/aromatic N) is 3. The maximum Gasteiger partial charge on any atom is 0.146 e. The van der Waals surface area contributed by atoms with Crippen LogP contribution in [-0.2, 0) is 0 Å². The Balaban J connectivity index is 1.34. The molecule has 7 aromatic rings. The highest BCUT2D eigenvalue weighted by Gasteiger charge is 2.28. The average Bonchev–Trinajstić information content (AvgIpc) is 3.35. The molecule has 4 aromatic carbocycles. The number of rotatable bonds is 5. The number of fused-ring (bicyclic) bond motifs is 3. The van der Waals surface area contributed by atoms with Gasteiger partial charge in [0.2, 0.25) is 0 Å². The van der Waals surface area contributed by atoms with Crippen LogP contribution < -0.4 is 10.5 Å². The molecular weight excluding hydrogens is 519 g/mol. The van der Waals surface area contributed by atoms with Gasteiger partial charge in [0.25, 0.3) is 0 Å². The zero-order chi connectivity index (χ0) is 28.0. The first kappa shape index (κ1) is 25.0. The lowest BCUT2D eigenvalue weighted by molar-refractivity contribution is 0.473. The summed E-state index contributed by atoms with van der Waals surface area (Å²) >= 11 is 0. The molecule has 3 heterocycles. The van der Waals surface area contributed by atoms with Gasteiger partial charge in [0.1, 0.15) is 19.5 Å². The van der Waals surface area contributed by atoms with Crippen LogP contribution in [0, 0.1) is 0 Å². The summed E-state index contributed by atoms with van der Waals surface area (Å²) in [6.45, 7) is 4.71. The van der Waals surface area contributed by atoms with Gasteiger partial charge < -0.3 is 5.11 Å². The van der Waals surface area contributed by atoms with Crippen LogP contribution in [0.3, 0.4) is 0 Å². The molecule has 0 amide bonds. The van der Waals surface area contributed by atoms with Crippen LogP contribution in [0.2, 0.25) is 13.1 Å². The Morgan fingerprint density at radius 2 is 1.39 bits per heavy atom. The largest absolute Gasteiger partial charge is 0.506 e. The predicted molar refractivity (Wildman–Crippen MR) is 172 cm³/mol. The van der Waals surface area contributed by atoms with Crippen LogP contribution in [0.25, 0.3) is 50.0 Å². The Bertz CT molecular complexity index is 2050. The SMILES string of the molecule is C[Si](C)(c1cccc(-c2ccc3c4ccccc4n(-c4ccccc4O)c3n2)c1)c1cc(-c2ccccc2)ccn1. The van der Waals surface area contributed by atoms with Crippen molar-refractivity contribution in [2.75, 3.05) is 0 Å². The summed E-state index contributed by atoms with van der Waals surface area (Å²) in [5.41, 5.74) is 6.91. The van der Waals surface area contributed by atoms with Gasteiger partial charge in [0.05, 0.1) is 16.9 Å². The average molecular weight is 548 g/mol. The standard InChI is InChI=1S/C36H29N3OSi/c1-41(2,35-24-26(21-22-37-35)25-11-4-3-5-12-25)28-14-10-13-27(23-28)31-20-19-30-29-15-6-7-16-32(29)39(36(30)38-31)33-17-8-9-18-34(33)40/h3-24,40H,1-2H3. The lowest BCUT2D eigenvalue weighted by Crippen LogP contribution is -2.54. The Morgan fingerprint density at radius 3 is 2.24 bits per heavy atom. The summed E-state index contributed by atoms with van der Waals surface area (Å²) in [6, 6.07) is 43.5. The van der Waals surface area contributed by atoms with E-state index in [1.807, 2.05) is 42.6 Å². The molecule has 0 fully saturated rings. The van der Waals surface area contributed by atoms with Gasteiger partial charge in [0.15, 0.2) is 0 Å². The zero-order valence-electron chi connectivity index (χ0n) is 23.0. The van der Waals surface area contributed by atoms with Gasteiger partial charge in [-0.15, -0.1) is 0 Å². The second-order valence-corrected chi connectivity index (χ2v) is 15.3. The van der Waals surface area contributed by atoms with Crippen LogP contribution in [0.1, 0.15) is 0 Å². The third-order valence-corrected chi connectivity index (χ3v) is 11.3. The summed E-state index contributed by atoms with van der Waals surface area (Å²) in [4.78, 5) is 10.1. The highest BCUT2D eigenvalue weighted by atomic mass is 28.3. The number of benzene rings is 4. The van der Waals surface area contributed by atoms with Crippen LogP contribution in [-0.4, -0.2) is 27.7 Å². The number of phenols is 1. The molecule has 0 atom stereocenters. The second-order valence-electron chi connectivity index (χ2n) is 10.9. The minimum atomic E-state index is -2.11. The minimum Gasteiger partial charge on any atom is -0.506 e. The van der Waals surface area contributed by atoms with Crippen molar-refractivity contribution >= 4 is 40.5 Å². The van der Waals surface area contributed by atoms with Gasteiger partial charge >= 0.3 is 0 Å². The maximum absolute atomic E-state index is 10.8. The Kier molecular flexibility index (Phi) is 6.02. The predicted octanol–water partition coefficient (Wildman–Crippen LogP) is 7.44. The summed E-state index contributed by atoms with van der Waals surface area (Å²) in [7, 11) is -2.11. The number of aromatic nitrogens is 3. The number of hydrogen-bond donors (Lipinski definition) is 1. The fourth-order valence-corrected chi connectivity index (χ4v) is 7.93. The Morgan fingerprint density at radius 1 is 0.634 bits per heavy atom. The first-order valence-corrected chi connectivity index (χ1v) is 16.8. The number of pyridine rings is 2. The van der Waals surface area contributed by atoms with Crippen LogP contribution in [0.15, 0.2) is 134 Å². The molecule has 7 rings (SSSR count). The van der Waals surface area contributed by atoms with E-state index in [-0.39, 0.29) is 5.75 Å². The molecule has 198 valence electrons. The fourth-order valence-electron chi connectivity index (χ4n) is 5.70. The first-order chi connectivity index (χ1) is 20.0. The molecule has 0 unspecified atom stereocenters. The van der Waals surface area contributed by atoms with Gasteiger partial charge in [-0.1, -0.05) is 103 Å². The third kappa shape index (κ3) is 4.31. The fraction of sp³-hybridized carbons (Fsp3) is 0.0556. The van der Waals surface area contributed by atoms with Crippen LogP contribution >= 0.6 is 0 Å². The van der Waals surface area contributed by atoms with E-state index in [2.05, 4.69) is 103 Å². The van der Waals surface area contributed by atoms with Crippen molar-refractivity contribution in [3.8, 4) is 33.8 Å². The van der Waals surface area contributed by atoms with E-state index in [4.69, 9.17) is 9.97 Å². The van der Waals surface area contributed by atoms with Gasteiger partial charge in [-0.25, -0.2) is 4.98 Å². The number of aromatic hydroxyl groups is 1. The van der Waals surface area contributed by atoms with Crippen molar-refractivity contribution in [2.45, 2.75) is 13.1 Å². The molecule has 0 saturated heterocycles. The van der Waals surface area contributed by atoms with Gasteiger partial charge in [-0.3, -0.25) is 9.55 Å². The van der Waals surface area contributed by atoms with Crippen molar-refractivity contribution in [3.63, 3.8) is 0 Å². The molecule has 0 saturated carbocycles. The number of hydrogen-bond acceptors (Lipinski definition) is 3. The first-order valence-electron chi connectivity index (χ1n) is 13.8. The third-order valence-electron chi connectivity index (χ3n) is 8.03. The summed E-state index contributed by atoms with van der Waals surface area (Å²) in [5, 5.41) is 15.4. The molecule has 1 N–H and O–H groups in total. The molecule has 0 aliphatic carbocycles. The molecule has 0 aliphatic rings. The molecule has 4 nitrogen and oxygen atoms in total. The molecule has 0 spiro atoms. The van der Waals surface area contributed by atoms with Gasteiger partial charge in [-0.05, 0) is 53.6 Å². The van der Waals surface area contributed by atoms with E-state index in [1.54, 1.807) is 6.07 Å². The van der Waals surface area contributed by atoms with E-state index in [1.165, 1.54) is 16.3 Å². The molecule has 0 radical (unpaired) electrons. The van der Waals surface area contributed by atoms with Gasteiger partial charge in [-0.2, -0.15) is 0 Å². The molecule has 0 bridgehead atoms. The highest BCUT2D eigenvalue weighted by Crippen LogP contribution is 2.35. The summed E-state index contributed by atoms with van der Waals surface area (Å²) in [5.74, 6) is 0.224. The van der Waals surface area contributed by atoms with Gasteiger partial charge in [0, 0.05) is 27.8 Å². The van der Waals surface area contributed by atoms with E-state index >= 15 is 0 Å². The summed E-state index contributed by atoms with van der Waals surface area (Å²) in [6.07, 6.45) is 1.93.